The van der Waals surface area contributed by atoms with Gasteiger partial charge in [0.05, 0.1) is 17.7 Å². The van der Waals surface area contributed by atoms with Gasteiger partial charge in [0.1, 0.15) is 5.82 Å². The summed E-state index contributed by atoms with van der Waals surface area (Å²) in [6.07, 6.45) is 0.744. The molecular formula is C12H15FN2O2. The third-order valence-corrected chi connectivity index (χ3v) is 2.89. The average Bonchev–Trinajstić information content (AvgIpc) is 2.68. The van der Waals surface area contributed by atoms with Gasteiger partial charge in [-0.3, -0.25) is 4.79 Å². The maximum absolute atomic E-state index is 13.1. The van der Waals surface area contributed by atoms with Crippen LogP contribution in [-0.4, -0.2) is 24.7 Å². The summed E-state index contributed by atoms with van der Waals surface area (Å²) in [5, 5.41) is 2.83. The summed E-state index contributed by atoms with van der Waals surface area (Å²) >= 11 is 0. The Kier molecular flexibility index (Phi) is 3.02. The van der Waals surface area contributed by atoms with Crippen LogP contribution in [-0.2, 0) is 4.74 Å². The minimum absolute atomic E-state index is 0.165. The Labute approximate surface area is 98.9 Å². The number of anilines is 1. The standard InChI is InChI=1S/C12H15FN2O2/c1-12(4-5-17-7-12)15-11(16)9-6-8(13)2-3-10(9)14/h2-3,6H,4-5,7,14H2,1H3,(H,15,16). The number of nitrogens with one attached hydrogen (secondary N) is 1. The molecular weight excluding hydrogens is 223 g/mol. The second kappa shape index (κ2) is 4.33. The van der Waals surface area contributed by atoms with Gasteiger partial charge in [-0.25, -0.2) is 4.39 Å². The number of carbonyl (C=O) groups excluding carboxylic acids is 1. The van der Waals surface area contributed by atoms with Crippen molar-refractivity contribution in [2.75, 3.05) is 18.9 Å². The monoisotopic (exact) mass is 238 g/mol. The van der Waals surface area contributed by atoms with Gasteiger partial charge in [0, 0.05) is 12.3 Å². The fourth-order valence-corrected chi connectivity index (χ4v) is 1.83. The van der Waals surface area contributed by atoms with Crippen molar-refractivity contribution >= 4 is 11.6 Å². The Balaban J connectivity index is 2.17. The molecule has 92 valence electrons. The predicted molar refractivity (Wildman–Crippen MR) is 62.1 cm³/mol. The van der Waals surface area contributed by atoms with Gasteiger partial charge in [-0.15, -0.1) is 0 Å². The highest BCUT2D eigenvalue weighted by atomic mass is 19.1. The van der Waals surface area contributed by atoms with Gasteiger partial charge in [0.2, 0.25) is 0 Å². The molecule has 0 aliphatic carbocycles. The van der Waals surface area contributed by atoms with Gasteiger partial charge in [0.25, 0.3) is 5.91 Å². The molecule has 0 spiro atoms. The Morgan fingerprint density at radius 3 is 3.00 bits per heavy atom. The molecule has 1 heterocycles. The number of amides is 1. The van der Waals surface area contributed by atoms with Crippen molar-refractivity contribution in [3.05, 3.63) is 29.6 Å². The average molecular weight is 238 g/mol. The highest BCUT2D eigenvalue weighted by Crippen LogP contribution is 2.20. The SMILES string of the molecule is CC1(NC(=O)c2cc(F)ccc2N)CCOC1. The molecule has 1 aromatic rings. The first kappa shape index (κ1) is 11.9. The first-order chi connectivity index (χ1) is 8.00. The molecule has 1 aromatic carbocycles. The lowest BCUT2D eigenvalue weighted by atomic mass is 10.0. The van der Waals surface area contributed by atoms with Gasteiger partial charge in [-0.2, -0.15) is 0 Å². The van der Waals surface area contributed by atoms with Gasteiger partial charge >= 0.3 is 0 Å². The number of hydrogen-bond donors (Lipinski definition) is 2. The largest absolute Gasteiger partial charge is 0.398 e. The zero-order valence-corrected chi connectivity index (χ0v) is 9.63. The van der Waals surface area contributed by atoms with E-state index in [0.717, 1.165) is 12.5 Å². The molecule has 0 radical (unpaired) electrons. The zero-order chi connectivity index (χ0) is 12.5. The minimum atomic E-state index is -0.475. The molecule has 2 rings (SSSR count). The van der Waals surface area contributed by atoms with Crippen LogP contribution >= 0.6 is 0 Å². The first-order valence-electron chi connectivity index (χ1n) is 5.45. The number of hydrogen-bond acceptors (Lipinski definition) is 3. The van der Waals surface area contributed by atoms with Gasteiger partial charge in [0.15, 0.2) is 0 Å². The topological polar surface area (TPSA) is 64.4 Å². The number of rotatable bonds is 2. The van der Waals surface area contributed by atoms with Crippen LogP contribution in [0.4, 0.5) is 10.1 Å². The number of carbonyl (C=O) groups is 1. The van der Waals surface area contributed by atoms with E-state index >= 15 is 0 Å². The summed E-state index contributed by atoms with van der Waals surface area (Å²) in [7, 11) is 0. The van der Waals surface area contributed by atoms with Gasteiger partial charge < -0.3 is 15.8 Å². The van der Waals surface area contributed by atoms with E-state index < -0.39 is 11.4 Å². The van der Waals surface area contributed by atoms with Crippen LogP contribution < -0.4 is 11.1 Å². The summed E-state index contributed by atoms with van der Waals surface area (Å²) < 4.78 is 18.3. The number of ether oxygens (including phenoxy) is 1. The van der Waals surface area contributed by atoms with Gasteiger partial charge in [-0.05, 0) is 31.5 Å². The second-order valence-corrected chi connectivity index (χ2v) is 4.55. The molecule has 17 heavy (non-hydrogen) atoms. The molecule has 0 bridgehead atoms. The highest BCUT2D eigenvalue weighted by Gasteiger charge is 2.31. The normalized spacial score (nSPS) is 23.6. The van der Waals surface area contributed by atoms with Crippen LogP contribution in [0.5, 0.6) is 0 Å². The molecule has 5 heteroatoms. The van der Waals surface area contributed by atoms with E-state index in [-0.39, 0.29) is 17.2 Å². The van der Waals surface area contributed by atoms with Crippen LogP contribution in [0, 0.1) is 5.82 Å². The lowest BCUT2D eigenvalue weighted by Gasteiger charge is -2.23. The molecule has 3 N–H and O–H groups in total. The number of nitrogens with two attached hydrogens (primary N) is 1. The number of benzene rings is 1. The maximum Gasteiger partial charge on any atom is 0.253 e. The van der Waals surface area contributed by atoms with Crippen LogP contribution in [0.1, 0.15) is 23.7 Å². The summed E-state index contributed by atoms with van der Waals surface area (Å²) in [5.41, 5.74) is 5.69. The van der Waals surface area contributed by atoms with E-state index in [1.807, 2.05) is 6.92 Å². The fourth-order valence-electron chi connectivity index (χ4n) is 1.83. The summed E-state index contributed by atoms with van der Waals surface area (Å²) in [5.74, 6) is -0.841. The van der Waals surface area contributed by atoms with Crippen molar-refractivity contribution in [2.45, 2.75) is 18.9 Å². The van der Waals surface area contributed by atoms with Crippen molar-refractivity contribution in [1.82, 2.24) is 5.32 Å². The molecule has 4 nitrogen and oxygen atoms in total. The molecule has 1 fully saturated rings. The van der Waals surface area contributed by atoms with Crippen molar-refractivity contribution in [3.63, 3.8) is 0 Å². The smallest absolute Gasteiger partial charge is 0.253 e. The molecule has 1 atom stereocenters. The van der Waals surface area contributed by atoms with Crippen molar-refractivity contribution in [2.24, 2.45) is 0 Å². The Morgan fingerprint density at radius 2 is 2.35 bits per heavy atom. The van der Waals surface area contributed by atoms with E-state index in [1.54, 1.807) is 0 Å². The Morgan fingerprint density at radius 1 is 1.59 bits per heavy atom. The molecule has 0 saturated carbocycles. The lowest BCUT2D eigenvalue weighted by Crippen LogP contribution is -2.46. The quantitative estimate of drug-likeness (QED) is 0.764. The van der Waals surface area contributed by atoms with Crippen molar-refractivity contribution in [1.29, 1.82) is 0 Å². The van der Waals surface area contributed by atoms with Crippen LogP contribution in [0.3, 0.4) is 0 Å². The third-order valence-electron chi connectivity index (χ3n) is 2.89. The molecule has 1 unspecified atom stereocenters. The fraction of sp³-hybridized carbons (Fsp3) is 0.417. The molecule has 1 amide bonds. The van der Waals surface area contributed by atoms with Crippen molar-refractivity contribution in [3.8, 4) is 0 Å². The number of nitrogen functional groups attached to an aromatic ring is 1. The molecule has 0 aromatic heterocycles. The van der Waals surface area contributed by atoms with E-state index in [0.29, 0.717) is 13.2 Å². The van der Waals surface area contributed by atoms with Crippen LogP contribution in [0.2, 0.25) is 0 Å². The summed E-state index contributed by atoms with van der Waals surface area (Å²) in [6, 6.07) is 3.76. The third kappa shape index (κ3) is 2.55. The van der Waals surface area contributed by atoms with E-state index in [2.05, 4.69) is 5.32 Å². The first-order valence-corrected chi connectivity index (χ1v) is 5.45. The van der Waals surface area contributed by atoms with E-state index in [4.69, 9.17) is 10.5 Å². The van der Waals surface area contributed by atoms with Crippen LogP contribution in [0.15, 0.2) is 18.2 Å². The van der Waals surface area contributed by atoms with E-state index in [1.165, 1.54) is 12.1 Å². The summed E-state index contributed by atoms with van der Waals surface area (Å²) in [6.45, 7) is 2.98. The minimum Gasteiger partial charge on any atom is -0.398 e. The molecule has 1 saturated heterocycles. The number of halogens is 1. The second-order valence-electron chi connectivity index (χ2n) is 4.55. The molecule has 1 aliphatic rings. The van der Waals surface area contributed by atoms with Crippen LogP contribution in [0.25, 0.3) is 0 Å². The lowest BCUT2D eigenvalue weighted by molar-refractivity contribution is 0.0890. The Hall–Kier alpha value is -1.62. The molecule has 1 aliphatic heterocycles. The van der Waals surface area contributed by atoms with Gasteiger partial charge in [-0.1, -0.05) is 0 Å². The summed E-state index contributed by atoms with van der Waals surface area (Å²) in [4.78, 5) is 12.0. The van der Waals surface area contributed by atoms with Crippen molar-refractivity contribution < 1.29 is 13.9 Å². The zero-order valence-electron chi connectivity index (χ0n) is 9.63. The highest BCUT2D eigenvalue weighted by molar-refractivity contribution is 5.99. The maximum atomic E-state index is 13.1. The Bertz CT molecular complexity index is 442. The van der Waals surface area contributed by atoms with E-state index in [9.17, 15) is 9.18 Å². The predicted octanol–water partition coefficient (Wildman–Crippen LogP) is 1.32.